The molecule has 194 valence electrons. The first kappa shape index (κ1) is 31.9. The van der Waals surface area contributed by atoms with Crippen LogP contribution in [0.25, 0.3) is 0 Å². The number of rotatable bonds is 5. The van der Waals surface area contributed by atoms with Crippen molar-refractivity contribution in [3.8, 4) is 0 Å². The zero-order valence-corrected chi connectivity index (χ0v) is 25.8. The molecule has 0 atom stereocenters. The van der Waals surface area contributed by atoms with Crippen LogP contribution in [0.2, 0.25) is 0 Å². The van der Waals surface area contributed by atoms with Crippen LogP contribution >= 0.6 is 47.8 Å². The van der Waals surface area contributed by atoms with Gasteiger partial charge in [-0.25, -0.2) is 4.79 Å². The summed E-state index contributed by atoms with van der Waals surface area (Å²) in [6.07, 6.45) is 13.0. The molecule has 0 aliphatic rings. The molecule has 0 aliphatic carbocycles. The Kier molecular flexibility index (Phi) is 14.6. The highest BCUT2D eigenvalue weighted by molar-refractivity contribution is 9.11. The number of aldehydes is 1. The Hall–Kier alpha value is -2.17. The number of nitrogens with zero attached hydrogens (tertiary/aromatic N) is 4. The fourth-order valence-corrected chi connectivity index (χ4v) is 3.80. The van der Waals surface area contributed by atoms with Crippen molar-refractivity contribution in [3.63, 3.8) is 0 Å². The molecular weight excluding hydrogens is 656 g/mol. The van der Waals surface area contributed by atoms with Crippen LogP contribution in [0.4, 0.5) is 4.79 Å². The van der Waals surface area contributed by atoms with Gasteiger partial charge in [-0.3, -0.25) is 19.7 Å². The largest absolute Gasteiger partial charge is 0.444 e. The molecule has 0 spiro atoms. The van der Waals surface area contributed by atoms with Gasteiger partial charge in [0.15, 0.2) is 6.29 Å². The molecule has 36 heavy (non-hydrogen) atoms. The lowest BCUT2D eigenvalue weighted by Gasteiger charge is -2.24. The molecule has 0 aromatic carbocycles. The summed E-state index contributed by atoms with van der Waals surface area (Å²) in [5.41, 5.74) is 2.37. The maximum Gasteiger partial charge on any atom is 0.410 e. The molecule has 10 heteroatoms. The molecule has 0 N–H and O–H groups in total. The van der Waals surface area contributed by atoms with E-state index in [1.807, 2.05) is 33.0 Å². The standard InChI is InChI=1S/C12H17BrN2O2.C8H10BrN.C6H4BrNO/c1-12(2,3)17-11(16)15(4)8-9-5-10(13)7-14-6-9;1-2-3-7-4-8(9)6-10-5-7;7-6-1-5(4-9)2-8-3-6/h5-7H,8H2,1-4H3;4-6H,2-3H2,1H3;1-4H. The summed E-state index contributed by atoms with van der Waals surface area (Å²) >= 11 is 9.89. The molecule has 3 rings (SSSR count). The van der Waals surface area contributed by atoms with Gasteiger partial charge in [0.25, 0.3) is 0 Å². The van der Waals surface area contributed by atoms with Crippen LogP contribution in [-0.2, 0) is 17.7 Å². The first-order valence-corrected chi connectivity index (χ1v) is 13.5. The van der Waals surface area contributed by atoms with Crippen LogP contribution < -0.4 is 0 Å². The fourth-order valence-electron chi connectivity index (χ4n) is 2.59. The monoisotopic (exact) mass is 684 g/mol. The van der Waals surface area contributed by atoms with Gasteiger partial charge in [-0.15, -0.1) is 0 Å². The highest BCUT2D eigenvalue weighted by Gasteiger charge is 2.19. The third-order valence-electron chi connectivity index (χ3n) is 4.05. The van der Waals surface area contributed by atoms with Gasteiger partial charge in [-0.05, 0) is 104 Å². The van der Waals surface area contributed by atoms with E-state index in [1.165, 1.54) is 23.1 Å². The van der Waals surface area contributed by atoms with Crippen molar-refractivity contribution in [3.05, 3.63) is 85.5 Å². The molecule has 1 amide bonds. The minimum atomic E-state index is -0.471. The average Bonchev–Trinajstić information content (AvgIpc) is 2.79. The number of aromatic nitrogens is 3. The molecule has 3 heterocycles. The van der Waals surface area contributed by atoms with Crippen molar-refractivity contribution >= 4 is 60.2 Å². The van der Waals surface area contributed by atoms with E-state index < -0.39 is 5.60 Å². The lowest BCUT2D eigenvalue weighted by Crippen LogP contribution is -2.33. The van der Waals surface area contributed by atoms with Gasteiger partial charge in [-0.1, -0.05) is 13.3 Å². The van der Waals surface area contributed by atoms with Crippen LogP contribution in [0, 0.1) is 0 Å². The number of hydrogen-bond donors (Lipinski definition) is 0. The van der Waals surface area contributed by atoms with E-state index in [9.17, 15) is 9.59 Å². The second kappa shape index (κ2) is 16.6. The molecule has 0 saturated carbocycles. The Morgan fingerprint density at radius 3 is 1.83 bits per heavy atom. The summed E-state index contributed by atoms with van der Waals surface area (Å²) in [7, 11) is 1.70. The van der Waals surface area contributed by atoms with Gasteiger partial charge in [0.1, 0.15) is 5.60 Å². The Morgan fingerprint density at radius 2 is 1.39 bits per heavy atom. The van der Waals surface area contributed by atoms with Gasteiger partial charge >= 0.3 is 6.09 Å². The van der Waals surface area contributed by atoms with Crippen LogP contribution in [0.5, 0.6) is 0 Å². The first-order valence-electron chi connectivity index (χ1n) is 11.1. The van der Waals surface area contributed by atoms with Crippen LogP contribution in [0.1, 0.15) is 55.6 Å². The van der Waals surface area contributed by atoms with Crippen molar-refractivity contribution < 1.29 is 14.3 Å². The number of hydrogen-bond acceptors (Lipinski definition) is 6. The van der Waals surface area contributed by atoms with Gasteiger partial charge in [0.05, 0.1) is 6.54 Å². The SMILES string of the molecule is CCCc1cncc(Br)c1.CN(Cc1cncc(Br)c1)C(=O)OC(C)(C)C.O=Cc1cncc(Br)c1. The second-order valence-electron chi connectivity index (χ2n) is 8.66. The molecule has 0 saturated heterocycles. The maximum atomic E-state index is 11.7. The molecule has 3 aromatic rings. The lowest BCUT2D eigenvalue weighted by atomic mass is 10.2. The van der Waals surface area contributed by atoms with Gasteiger partial charge in [-0.2, -0.15) is 0 Å². The number of pyridine rings is 3. The number of halogens is 3. The summed E-state index contributed by atoms with van der Waals surface area (Å²) in [6.45, 7) is 8.18. The van der Waals surface area contributed by atoms with Gasteiger partial charge < -0.3 is 9.64 Å². The second-order valence-corrected chi connectivity index (χ2v) is 11.4. The average molecular weight is 687 g/mol. The van der Waals surface area contributed by atoms with Crippen LogP contribution in [0.15, 0.2) is 68.8 Å². The predicted molar refractivity (Wildman–Crippen MR) is 153 cm³/mol. The molecule has 7 nitrogen and oxygen atoms in total. The molecule has 0 radical (unpaired) electrons. The highest BCUT2D eigenvalue weighted by atomic mass is 79.9. The van der Waals surface area contributed by atoms with E-state index in [-0.39, 0.29) is 6.09 Å². The van der Waals surface area contributed by atoms with Gasteiger partial charge in [0.2, 0.25) is 0 Å². The third-order valence-corrected chi connectivity index (χ3v) is 5.35. The summed E-state index contributed by atoms with van der Waals surface area (Å²) < 4.78 is 8.05. The molecule has 0 fully saturated rings. The Labute approximate surface area is 238 Å². The minimum Gasteiger partial charge on any atom is -0.444 e. The number of aryl methyl sites for hydroxylation is 1. The summed E-state index contributed by atoms with van der Waals surface area (Å²) in [5.74, 6) is 0. The van der Waals surface area contributed by atoms with E-state index in [1.54, 1.807) is 37.9 Å². The minimum absolute atomic E-state index is 0.336. The number of carbonyl (C=O) groups excluding carboxylic acids is 2. The molecule has 0 bridgehead atoms. The number of ether oxygens (including phenoxy) is 1. The van der Waals surface area contributed by atoms with Crippen molar-refractivity contribution in [1.82, 2.24) is 19.9 Å². The van der Waals surface area contributed by atoms with E-state index in [4.69, 9.17) is 4.74 Å². The molecule has 0 unspecified atom stereocenters. The number of amides is 1. The smallest absolute Gasteiger partial charge is 0.410 e. The molecule has 0 aliphatic heterocycles. The maximum absolute atomic E-state index is 11.7. The number of carbonyl (C=O) groups is 2. The lowest BCUT2D eigenvalue weighted by molar-refractivity contribution is 0.0285. The predicted octanol–water partition coefficient (Wildman–Crippen LogP) is 7.66. The molecular formula is C26H31Br3N4O3. The van der Waals surface area contributed by atoms with Crippen molar-refractivity contribution in [2.24, 2.45) is 0 Å². The molecule has 3 aromatic heterocycles. The van der Waals surface area contributed by atoms with Crippen molar-refractivity contribution in [1.29, 1.82) is 0 Å². The quantitative estimate of drug-likeness (QED) is 0.256. The van der Waals surface area contributed by atoms with Crippen molar-refractivity contribution in [2.75, 3.05) is 7.05 Å². The van der Waals surface area contributed by atoms with E-state index >= 15 is 0 Å². The van der Waals surface area contributed by atoms with Crippen molar-refractivity contribution in [2.45, 2.75) is 52.7 Å². The third kappa shape index (κ3) is 14.4. The zero-order valence-electron chi connectivity index (χ0n) is 21.0. The van der Waals surface area contributed by atoms with Crippen LogP contribution in [0.3, 0.4) is 0 Å². The van der Waals surface area contributed by atoms with E-state index in [0.717, 1.165) is 31.7 Å². The summed E-state index contributed by atoms with van der Waals surface area (Å²) in [4.78, 5) is 35.2. The first-order chi connectivity index (χ1) is 16.9. The Bertz CT molecular complexity index is 1110. The van der Waals surface area contributed by atoms with Crippen LogP contribution in [-0.4, -0.2) is 44.9 Å². The topological polar surface area (TPSA) is 85.3 Å². The summed E-state index contributed by atoms with van der Waals surface area (Å²) in [5, 5.41) is 0. The normalized spacial score (nSPS) is 10.2. The van der Waals surface area contributed by atoms with E-state index in [2.05, 4.69) is 75.7 Å². The van der Waals surface area contributed by atoms with E-state index in [0.29, 0.717) is 12.1 Å². The summed E-state index contributed by atoms with van der Waals surface area (Å²) in [6, 6.07) is 5.74. The Balaban J connectivity index is 0.000000290. The highest BCUT2D eigenvalue weighted by Crippen LogP contribution is 2.14. The Morgan fingerprint density at radius 1 is 0.889 bits per heavy atom. The fraction of sp³-hybridized carbons (Fsp3) is 0.346. The van der Waals surface area contributed by atoms with Gasteiger partial charge in [0, 0.05) is 63.2 Å². The zero-order chi connectivity index (χ0) is 27.1.